The first-order valence-electron chi connectivity index (χ1n) is 18.4. The van der Waals surface area contributed by atoms with Crippen LogP contribution in [0.15, 0.2) is 205 Å². The quantitative estimate of drug-likeness (QED) is 0.166. The third-order valence-corrected chi connectivity index (χ3v) is 10.6. The smallest absolute Gasteiger partial charge is 0.143 e. The van der Waals surface area contributed by atoms with Gasteiger partial charge in [-0.25, -0.2) is 0 Å². The van der Waals surface area contributed by atoms with Crippen LogP contribution in [0.25, 0.3) is 82.9 Å². The van der Waals surface area contributed by atoms with Crippen molar-refractivity contribution in [3.63, 3.8) is 0 Å². The number of anilines is 3. The lowest BCUT2D eigenvalue weighted by molar-refractivity contribution is 0.670. The fourth-order valence-electron chi connectivity index (χ4n) is 7.95. The molecule has 0 unspecified atom stereocenters. The Labute approximate surface area is 314 Å². The SMILES string of the molecule is C=Cc1cc(N(c2cccc(-c3ccc4ccccc4c3)c2)c2ccccc2-c2cccc3c2oc2cc4ccccc4cc23)ccc1-c1ccccc1. The Morgan fingerprint density at radius 1 is 0.407 bits per heavy atom. The van der Waals surface area contributed by atoms with Crippen LogP contribution in [0.3, 0.4) is 0 Å². The predicted molar refractivity (Wildman–Crippen MR) is 230 cm³/mol. The Bertz CT molecular complexity index is 3030. The van der Waals surface area contributed by atoms with E-state index in [4.69, 9.17) is 4.42 Å². The van der Waals surface area contributed by atoms with Gasteiger partial charge < -0.3 is 9.32 Å². The van der Waals surface area contributed by atoms with Crippen molar-refractivity contribution >= 4 is 66.6 Å². The molecule has 54 heavy (non-hydrogen) atoms. The minimum atomic E-state index is 0.881. The van der Waals surface area contributed by atoms with Crippen LogP contribution in [0, 0.1) is 0 Å². The molecule has 0 N–H and O–H groups in total. The van der Waals surface area contributed by atoms with Crippen molar-refractivity contribution in [3.05, 3.63) is 206 Å². The van der Waals surface area contributed by atoms with Crippen LogP contribution in [0.4, 0.5) is 17.1 Å². The van der Waals surface area contributed by atoms with Crippen LogP contribution in [-0.4, -0.2) is 0 Å². The summed E-state index contributed by atoms with van der Waals surface area (Å²) in [6.45, 7) is 4.25. The Morgan fingerprint density at radius 3 is 1.89 bits per heavy atom. The number of benzene rings is 9. The topological polar surface area (TPSA) is 16.4 Å². The van der Waals surface area contributed by atoms with Crippen LogP contribution in [-0.2, 0) is 0 Å². The number of fused-ring (bicyclic) bond motifs is 5. The summed E-state index contributed by atoms with van der Waals surface area (Å²) >= 11 is 0. The van der Waals surface area contributed by atoms with Crippen molar-refractivity contribution in [2.45, 2.75) is 0 Å². The van der Waals surface area contributed by atoms with Crippen molar-refractivity contribution in [2.75, 3.05) is 4.90 Å². The second-order valence-corrected chi connectivity index (χ2v) is 13.8. The second-order valence-electron chi connectivity index (χ2n) is 13.8. The first-order valence-corrected chi connectivity index (χ1v) is 18.4. The number of rotatable bonds is 7. The molecule has 2 nitrogen and oxygen atoms in total. The molecule has 0 atom stereocenters. The maximum atomic E-state index is 6.77. The maximum Gasteiger partial charge on any atom is 0.143 e. The Morgan fingerprint density at radius 2 is 1.06 bits per heavy atom. The largest absolute Gasteiger partial charge is 0.455 e. The molecule has 0 saturated carbocycles. The molecule has 0 bridgehead atoms. The van der Waals surface area contributed by atoms with Gasteiger partial charge in [0.2, 0.25) is 0 Å². The highest BCUT2D eigenvalue weighted by Gasteiger charge is 2.22. The van der Waals surface area contributed by atoms with Crippen LogP contribution >= 0.6 is 0 Å². The standard InChI is InChI=1S/C52H35NO/c1-2-35-31-44(28-29-45(35)37-15-4-3-5-16-37)53(43-21-12-20-39(32-43)42-27-26-36-14-6-7-17-38(36)30-42)50-25-11-10-22-46(50)47-23-13-24-48-49-33-40-18-8-9-19-41(40)34-51(49)54-52(47)48/h2-34H,1H2. The fraction of sp³-hybridized carbons (Fsp3) is 0. The number of nitrogens with zero attached hydrogens (tertiary/aromatic N) is 1. The number of hydrogen-bond donors (Lipinski definition) is 0. The third-order valence-electron chi connectivity index (χ3n) is 10.6. The highest BCUT2D eigenvalue weighted by molar-refractivity contribution is 6.14. The van der Waals surface area contributed by atoms with Crippen LogP contribution in [0.2, 0.25) is 0 Å². The highest BCUT2D eigenvalue weighted by Crippen LogP contribution is 2.46. The zero-order chi connectivity index (χ0) is 36.0. The lowest BCUT2D eigenvalue weighted by Gasteiger charge is -2.29. The molecule has 0 aliphatic heterocycles. The van der Waals surface area contributed by atoms with Crippen molar-refractivity contribution in [2.24, 2.45) is 0 Å². The summed E-state index contributed by atoms with van der Waals surface area (Å²) in [7, 11) is 0. The minimum Gasteiger partial charge on any atom is -0.455 e. The summed E-state index contributed by atoms with van der Waals surface area (Å²) < 4.78 is 6.77. The van der Waals surface area contributed by atoms with E-state index in [2.05, 4.69) is 206 Å². The van der Waals surface area contributed by atoms with Gasteiger partial charge in [-0.15, -0.1) is 0 Å². The van der Waals surface area contributed by atoms with Gasteiger partial charge in [0.15, 0.2) is 0 Å². The zero-order valence-electron chi connectivity index (χ0n) is 29.6. The lowest BCUT2D eigenvalue weighted by atomic mass is 9.96. The molecule has 2 heteroatoms. The lowest BCUT2D eigenvalue weighted by Crippen LogP contribution is -2.11. The molecule has 0 amide bonds. The van der Waals surface area contributed by atoms with E-state index in [9.17, 15) is 0 Å². The van der Waals surface area contributed by atoms with E-state index in [-0.39, 0.29) is 0 Å². The monoisotopic (exact) mass is 689 g/mol. The first kappa shape index (κ1) is 31.6. The number of hydrogen-bond acceptors (Lipinski definition) is 2. The summed E-state index contributed by atoms with van der Waals surface area (Å²) in [4.78, 5) is 2.37. The average molecular weight is 690 g/mol. The van der Waals surface area contributed by atoms with Gasteiger partial charge in [-0.1, -0.05) is 158 Å². The molecule has 0 saturated heterocycles. The fourth-order valence-corrected chi connectivity index (χ4v) is 7.95. The summed E-state index contributed by atoms with van der Waals surface area (Å²) in [5.41, 5.74) is 12.7. The van der Waals surface area contributed by atoms with E-state index in [0.29, 0.717) is 0 Å². The molecule has 0 aliphatic carbocycles. The normalized spacial score (nSPS) is 11.4. The maximum absolute atomic E-state index is 6.77. The van der Waals surface area contributed by atoms with Crippen LogP contribution in [0.1, 0.15) is 5.56 Å². The van der Waals surface area contributed by atoms with Gasteiger partial charge in [0.1, 0.15) is 11.2 Å². The zero-order valence-corrected chi connectivity index (χ0v) is 29.6. The van der Waals surface area contributed by atoms with E-state index in [0.717, 1.165) is 72.4 Å². The van der Waals surface area contributed by atoms with E-state index >= 15 is 0 Å². The minimum absolute atomic E-state index is 0.881. The Kier molecular flexibility index (Phi) is 7.66. The Balaban J connectivity index is 1.19. The van der Waals surface area contributed by atoms with Gasteiger partial charge in [0.25, 0.3) is 0 Å². The highest BCUT2D eigenvalue weighted by atomic mass is 16.3. The number of para-hydroxylation sites is 2. The van der Waals surface area contributed by atoms with Gasteiger partial charge in [0, 0.05) is 33.3 Å². The van der Waals surface area contributed by atoms with Crippen LogP contribution in [0.5, 0.6) is 0 Å². The summed E-state index contributed by atoms with van der Waals surface area (Å²) in [5.74, 6) is 0. The summed E-state index contributed by atoms with van der Waals surface area (Å²) in [5, 5.41) is 7.05. The molecule has 10 aromatic rings. The molecule has 9 aromatic carbocycles. The van der Waals surface area contributed by atoms with E-state index in [1.165, 1.54) is 27.1 Å². The predicted octanol–water partition coefficient (Wildman–Crippen LogP) is 15.0. The Hall–Kier alpha value is -7.16. The molecule has 1 heterocycles. The number of furan rings is 1. The van der Waals surface area contributed by atoms with Gasteiger partial charge in [-0.3, -0.25) is 0 Å². The van der Waals surface area contributed by atoms with Crippen molar-refractivity contribution in [1.82, 2.24) is 0 Å². The third kappa shape index (κ3) is 5.44. The second kappa shape index (κ2) is 13.1. The van der Waals surface area contributed by atoms with Gasteiger partial charge >= 0.3 is 0 Å². The van der Waals surface area contributed by atoms with Gasteiger partial charge in [-0.2, -0.15) is 0 Å². The van der Waals surface area contributed by atoms with E-state index in [1.54, 1.807) is 0 Å². The first-order chi connectivity index (χ1) is 26.7. The molecule has 0 aliphatic rings. The summed E-state index contributed by atoms with van der Waals surface area (Å²) in [6.07, 6.45) is 1.96. The molecular weight excluding hydrogens is 655 g/mol. The van der Waals surface area contributed by atoms with Crippen molar-refractivity contribution in [1.29, 1.82) is 0 Å². The molecule has 254 valence electrons. The molecular formula is C52H35NO. The molecule has 1 aromatic heterocycles. The van der Waals surface area contributed by atoms with Gasteiger partial charge in [-0.05, 0) is 97.9 Å². The van der Waals surface area contributed by atoms with Gasteiger partial charge in [0.05, 0.1) is 5.69 Å². The molecule has 0 spiro atoms. The van der Waals surface area contributed by atoms with Crippen LogP contribution < -0.4 is 4.90 Å². The molecule has 0 radical (unpaired) electrons. The molecule has 10 rings (SSSR count). The van der Waals surface area contributed by atoms with E-state index in [1.807, 2.05) is 6.08 Å². The van der Waals surface area contributed by atoms with E-state index < -0.39 is 0 Å². The van der Waals surface area contributed by atoms with Crippen molar-refractivity contribution in [3.8, 4) is 33.4 Å². The van der Waals surface area contributed by atoms with Crippen molar-refractivity contribution < 1.29 is 4.42 Å². The molecule has 0 fully saturated rings. The summed E-state index contributed by atoms with van der Waals surface area (Å²) in [6, 6.07) is 69.4. The average Bonchev–Trinajstić information content (AvgIpc) is 3.61.